The third kappa shape index (κ3) is 3.21. The normalized spacial score (nSPS) is 13.7. The summed E-state index contributed by atoms with van der Waals surface area (Å²) >= 11 is 0. The van der Waals surface area contributed by atoms with Crippen molar-refractivity contribution < 1.29 is 4.79 Å². The maximum absolute atomic E-state index is 12.5. The van der Waals surface area contributed by atoms with Gasteiger partial charge in [-0.25, -0.2) is 4.68 Å². The van der Waals surface area contributed by atoms with Crippen LogP contribution in [0.15, 0.2) is 30.5 Å². The number of carbonyl (C=O) groups is 1. The van der Waals surface area contributed by atoms with E-state index in [1.165, 1.54) is 24.0 Å². The van der Waals surface area contributed by atoms with Crippen molar-refractivity contribution >= 4 is 11.7 Å². The van der Waals surface area contributed by atoms with Gasteiger partial charge in [0, 0.05) is 18.2 Å². The largest absolute Gasteiger partial charge is 0.307 e. The lowest BCUT2D eigenvalue weighted by molar-refractivity contribution is 0.102. The maximum atomic E-state index is 12.5. The smallest absolute Gasteiger partial charge is 0.256 e. The van der Waals surface area contributed by atoms with Gasteiger partial charge in [-0.05, 0) is 55.4 Å². The fourth-order valence-electron chi connectivity index (χ4n) is 2.99. The summed E-state index contributed by atoms with van der Waals surface area (Å²) in [4.78, 5) is 12.5. The molecule has 0 aliphatic heterocycles. The summed E-state index contributed by atoms with van der Waals surface area (Å²) in [6, 6.07) is 7.95. The van der Waals surface area contributed by atoms with Crippen LogP contribution in [-0.4, -0.2) is 15.7 Å². The van der Waals surface area contributed by atoms with Gasteiger partial charge in [0.15, 0.2) is 0 Å². The van der Waals surface area contributed by atoms with Gasteiger partial charge in [-0.3, -0.25) is 4.79 Å². The van der Waals surface area contributed by atoms with Gasteiger partial charge in [0.2, 0.25) is 0 Å². The quantitative estimate of drug-likeness (QED) is 0.912. The van der Waals surface area contributed by atoms with Gasteiger partial charge in [-0.15, -0.1) is 0 Å². The Morgan fingerprint density at radius 3 is 2.86 bits per heavy atom. The molecule has 0 fully saturated rings. The number of hydrogen-bond acceptors (Lipinski definition) is 2. The Hall–Kier alpha value is -2.10. The first-order valence-corrected chi connectivity index (χ1v) is 8.23. The Kier molecular flexibility index (Phi) is 4.56. The number of fused-ring (bicyclic) bond motifs is 1. The molecule has 1 heterocycles. The molecule has 3 rings (SSSR count). The van der Waals surface area contributed by atoms with Gasteiger partial charge in [0.25, 0.3) is 5.91 Å². The summed E-state index contributed by atoms with van der Waals surface area (Å²) in [5.41, 5.74) is 3.47. The number of benzene rings is 1. The molecular formula is C18H23N3O. The Morgan fingerprint density at radius 1 is 1.23 bits per heavy atom. The molecule has 1 aliphatic carbocycles. The number of carbonyl (C=O) groups excluding carboxylic acids is 1. The third-order valence-electron chi connectivity index (χ3n) is 4.29. The van der Waals surface area contributed by atoms with Crippen LogP contribution in [-0.2, 0) is 19.4 Å². The van der Waals surface area contributed by atoms with Gasteiger partial charge in [-0.1, -0.05) is 19.4 Å². The van der Waals surface area contributed by atoms with Crippen LogP contribution in [0, 0.1) is 0 Å². The molecule has 116 valence electrons. The monoisotopic (exact) mass is 297 g/mol. The number of rotatable bonds is 5. The van der Waals surface area contributed by atoms with Crippen molar-refractivity contribution in [3.05, 3.63) is 47.2 Å². The molecule has 1 aromatic carbocycles. The number of unbranched alkanes of at least 4 members (excludes halogenated alkanes) is 1. The number of nitrogens with zero attached hydrogens (tertiary/aromatic N) is 2. The minimum atomic E-state index is -0.0494. The van der Waals surface area contributed by atoms with Crippen LogP contribution in [0.3, 0.4) is 0 Å². The molecule has 22 heavy (non-hydrogen) atoms. The predicted molar refractivity (Wildman–Crippen MR) is 88.2 cm³/mol. The first-order valence-electron chi connectivity index (χ1n) is 8.23. The molecule has 4 heteroatoms. The lowest BCUT2D eigenvalue weighted by Gasteiger charge is -2.16. The fourth-order valence-corrected chi connectivity index (χ4v) is 2.99. The van der Waals surface area contributed by atoms with E-state index in [1.807, 2.05) is 16.8 Å². The number of anilines is 1. The van der Waals surface area contributed by atoms with Crippen molar-refractivity contribution in [3.8, 4) is 0 Å². The number of aryl methyl sites for hydroxylation is 3. The zero-order valence-electron chi connectivity index (χ0n) is 13.1. The second-order valence-corrected chi connectivity index (χ2v) is 5.94. The van der Waals surface area contributed by atoms with Crippen LogP contribution in [0.25, 0.3) is 0 Å². The topological polar surface area (TPSA) is 46.9 Å². The lowest BCUT2D eigenvalue weighted by atomic mass is 9.90. The Labute approximate surface area is 131 Å². The van der Waals surface area contributed by atoms with Crippen molar-refractivity contribution in [1.29, 1.82) is 0 Å². The summed E-state index contributed by atoms with van der Waals surface area (Å²) in [6.07, 6.45) is 8.61. The highest BCUT2D eigenvalue weighted by molar-refractivity contribution is 6.04. The van der Waals surface area contributed by atoms with Crippen LogP contribution in [0.2, 0.25) is 0 Å². The molecule has 2 aromatic rings. The van der Waals surface area contributed by atoms with Crippen LogP contribution < -0.4 is 5.32 Å². The Balaban J connectivity index is 1.73. The highest BCUT2D eigenvalue weighted by atomic mass is 16.1. The second kappa shape index (κ2) is 6.77. The highest BCUT2D eigenvalue weighted by Crippen LogP contribution is 2.22. The first kappa shape index (κ1) is 14.8. The van der Waals surface area contributed by atoms with Crippen LogP contribution in [0.4, 0.5) is 5.82 Å². The molecule has 0 saturated carbocycles. The molecule has 0 spiro atoms. The molecule has 0 saturated heterocycles. The van der Waals surface area contributed by atoms with Gasteiger partial charge in [0.05, 0.1) is 6.20 Å². The lowest BCUT2D eigenvalue weighted by Crippen LogP contribution is -2.17. The summed E-state index contributed by atoms with van der Waals surface area (Å²) in [5, 5.41) is 7.26. The van der Waals surface area contributed by atoms with E-state index >= 15 is 0 Å². The van der Waals surface area contributed by atoms with Gasteiger partial charge in [-0.2, -0.15) is 5.10 Å². The van der Waals surface area contributed by atoms with E-state index in [0.717, 1.165) is 43.6 Å². The Morgan fingerprint density at radius 2 is 2.05 bits per heavy atom. The van der Waals surface area contributed by atoms with E-state index < -0.39 is 0 Å². The molecule has 0 unspecified atom stereocenters. The van der Waals surface area contributed by atoms with E-state index in [4.69, 9.17) is 0 Å². The number of nitrogens with one attached hydrogen (secondary N) is 1. The minimum Gasteiger partial charge on any atom is -0.307 e. The zero-order chi connectivity index (χ0) is 15.4. The molecule has 4 nitrogen and oxygen atoms in total. The SMILES string of the molecule is CCCCn1nccc1NC(=O)c1ccc2c(c1)CCCC2. The average molecular weight is 297 g/mol. The molecule has 0 atom stereocenters. The fraction of sp³-hybridized carbons (Fsp3) is 0.444. The Bertz CT molecular complexity index is 660. The van der Waals surface area contributed by atoms with Crippen molar-refractivity contribution in [3.63, 3.8) is 0 Å². The van der Waals surface area contributed by atoms with Gasteiger partial charge in [0.1, 0.15) is 5.82 Å². The van der Waals surface area contributed by atoms with E-state index in [9.17, 15) is 4.79 Å². The molecule has 1 N–H and O–H groups in total. The maximum Gasteiger partial charge on any atom is 0.256 e. The van der Waals surface area contributed by atoms with E-state index in [0.29, 0.717) is 0 Å². The molecule has 0 radical (unpaired) electrons. The highest BCUT2D eigenvalue weighted by Gasteiger charge is 2.14. The minimum absolute atomic E-state index is 0.0494. The van der Waals surface area contributed by atoms with Crippen molar-refractivity contribution in [1.82, 2.24) is 9.78 Å². The number of aromatic nitrogens is 2. The third-order valence-corrected chi connectivity index (χ3v) is 4.29. The average Bonchev–Trinajstić information content (AvgIpc) is 2.99. The number of hydrogen-bond donors (Lipinski definition) is 1. The molecular weight excluding hydrogens is 274 g/mol. The molecule has 1 aromatic heterocycles. The molecule has 1 amide bonds. The van der Waals surface area contributed by atoms with E-state index in [2.05, 4.69) is 29.5 Å². The predicted octanol–water partition coefficient (Wildman–Crippen LogP) is 3.81. The zero-order valence-corrected chi connectivity index (χ0v) is 13.1. The van der Waals surface area contributed by atoms with E-state index in [1.54, 1.807) is 6.20 Å². The molecule has 1 aliphatic rings. The van der Waals surface area contributed by atoms with Crippen LogP contribution in [0.5, 0.6) is 0 Å². The second-order valence-electron chi connectivity index (χ2n) is 5.94. The van der Waals surface area contributed by atoms with Crippen molar-refractivity contribution in [2.45, 2.75) is 52.0 Å². The van der Waals surface area contributed by atoms with Crippen molar-refractivity contribution in [2.75, 3.05) is 5.32 Å². The van der Waals surface area contributed by atoms with Crippen LogP contribution >= 0.6 is 0 Å². The van der Waals surface area contributed by atoms with Gasteiger partial charge >= 0.3 is 0 Å². The summed E-state index contributed by atoms with van der Waals surface area (Å²) < 4.78 is 1.86. The van der Waals surface area contributed by atoms with Gasteiger partial charge < -0.3 is 5.32 Å². The number of amides is 1. The standard InChI is InChI=1S/C18H23N3O/c1-2-3-12-21-17(10-11-19-21)20-18(22)16-9-8-14-6-4-5-7-15(14)13-16/h8-11,13H,2-7,12H2,1H3,(H,20,22). The summed E-state index contributed by atoms with van der Waals surface area (Å²) in [6.45, 7) is 2.98. The van der Waals surface area contributed by atoms with Crippen molar-refractivity contribution in [2.24, 2.45) is 0 Å². The summed E-state index contributed by atoms with van der Waals surface area (Å²) in [7, 11) is 0. The van der Waals surface area contributed by atoms with E-state index in [-0.39, 0.29) is 5.91 Å². The first-order chi connectivity index (χ1) is 10.8. The summed E-state index contributed by atoms with van der Waals surface area (Å²) in [5.74, 6) is 0.725. The van der Waals surface area contributed by atoms with Crippen LogP contribution in [0.1, 0.15) is 54.1 Å². The molecule has 0 bridgehead atoms.